The van der Waals surface area contributed by atoms with Crippen LogP contribution in [0, 0.1) is 12.7 Å². The third kappa shape index (κ3) is 3.42. The van der Waals surface area contributed by atoms with Crippen molar-refractivity contribution in [2.75, 3.05) is 13.1 Å². The molecule has 0 unspecified atom stereocenters. The van der Waals surface area contributed by atoms with Gasteiger partial charge in [0, 0.05) is 23.5 Å². The van der Waals surface area contributed by atoms with E-state index in [1.807, 2.05) is 6.92 Å². The van der Waals surface area contributed by atoms with E-state index in [9.17, 15) is 14.0 Å². The van der Waals surface area contributed by atoms with Crippen LogP contribution < -0.4 is 5.32 Å². The number of thiazole rings is 1. The van der Waals surface area contributed by atoms with Crippen LogP contribution in [0.2, 0.25) is 0 Å². The minimum absolute atomic E-state index is 0.105. The summed E-state index contributed by atoms with van der Waals surface area (Å²) < 4.78 is 13.2. The summed E-state index contributed by atoms with van der Waals surface area (Å²) in [6, 6.07) is 6.09. The summed E-state index contributed by atoms with van der Waals surface area (Å²) in [6.45, 7) is 6.32. The lowest BCUT2D eigenvalue weighted by Crippen LogP contribution is -2.63. The van der Waals surface area contributed by atoms with E-state index in [0.717, 1.165) is 15.4 Å². The first-order valence-electron chi connectivity index (χ1n) is 8.10. The van der Waals surface area contributed by atoms with Crippen molar-refractivity contribution >= 4 is 23.2 Å². The standard InChI is InChI=1S/C18H20FN3O2S/c1-11-21-16(12-4-6-13(19)7-5-12)14(25-11)10-15(23)22-9-8-20-17(24)18(22,2)3/h4-7H,8-10H2,1-3H3,(H,20,24). The molecule has 5 nitrogen and oxygen atoms in total. The van der Waals surface area contributed by atoms with Crippen LogP contribution in [0.5, 0.6) is 0 Å². The Labute approximate surface area is 149 Å². The summed E-state index contributed by atoms with van der Waals surface area (Å²) in [5.41, 5.74) is 0.616. The lowest BCUT2D eigenvalue weighted by atomic mass is 9.98. The van der Waals surface area contributed by atoms with Crippen LogP contribution in [0.3, 0.4) is 0 Å². The van der Waals surface area contributed by atoms with Gasteiger partial charge in [-0.15, -0.1) is 11.3 Å². The molecule has 2 amide bonds. The second-order valence-corrected chi connectivity index (χ2v) is 7.84. The topological polar surface area (TPSA) is 62.3 Å². The summed E-state index contributed by atoms with van der Waals surface area (Å²) >= 11 is 1.45. The molecule has 1 fully saturated rings. The monoisotopic (exact) mass is 361 g/mol. The summed E-state index contributed by atoms with van der Waals surface area (Å²) in [5.74, 6) is -0.562. The van der Waals surface area contributed by atoms with Crippen LogP contribution in [0.15, 0.2) is 24.3 Å². The molecule has 132 valence electrons. The Balaban J connectivity index is 1.87. The van der Waals surface area contributed by atoms with Crippen LogP contribution in [0.25, 0.3) is 11.3 Å². The van der Waals surface area contributed by atoms with E-state index in [-0.39, 0.29) is 24.1 Å². The van der Waals surface area contributed by atoms with E-state index >= 15 is 0 Å². The minimum atomic E-state index is -0.870. The van der Waals surface area contributed by atoms with Crippen LogP contribution in [-0.4, -0.2) is 40.3 Å². The number of piperazine rings is 1. The van der Waals surface area contributed by atoms with Crippen molar-refractivity contribution in [2.24, 2.45) is 0 Å². The van der Waals surface area contributed by atoms with Gasteiger partial charge < -0.3 is 10.2 Å². The van der Waals surface area contributed by atoms with Crippen LogP contribution >= 0.6 is 11.3 Å². The molecule has 0 radical (unpaired) electrons. The average molecular weight is 361 g/mol. The number of hydrogen-bond donors (Lipinski definition) is 1. The molecule has 1 aromatic heterocycles. The van der Waals surface area contributed by atoms with Gasteiger partial charge in [0.1, 0.15) is 11.4 Å². The van der Waals surface area contributed by atoms with Crippen molar-refractivity contribution in [1.82, 2.24) is 15.2 Å². The molecule has 1 aromatic carbocycles. The molecule has 2 aromatic rings. The minimum Gasteiger partial charge on any atom is -0.352 e. The van der Waals surface area contributed by atoms with Gasteiger partial charge in [0.15, 0.2) is 0 Å². The Kier molecular flexibility index (Phi) is 4.60. The molecule has 0 aliphatic carbocycles. The highest BCUT2D eigenvalue weighted by molar-refractivity contribution is 7.12. The fourth-order valence-corrected chi connectivity index (χ4v) is 3.94. The molecule has 25 heavy (non-hydrogen) atoms. The molecule has 3 rings (SSSR count). The maximum atomic E-state index is 13.2. The van der Waals surface area contributed by atoms with E-state index < -0.39 is 5.54 Å². The largest absolute Gasteiger partial charge is 0.352 e. The number of hydrogen-bond acceptors (Lipinski definition) is 4. The number of carbonyl (C=O) groups is 2. The molecule has 1 saturated heterocycles. The highest BCUT2D eigenvalue weighted by atomic mass is 32.1. The highest BCUT2D eigenvalue weighted by Gasteiger charge is 2.40. The summed E-state index contributed by atoms with van der Waals surface area (Å²) in [7, 11) is 0. The first-order valence-corrected chi connectivity index (χ1v) is 8.91. The van der Waals surface area contributed by atoms with Gasteiger partial charge in [-0.2, -0.15) is 0 Å². The van der Waals surface area contributed by atoms with E-state index in [4.69, 9.17) is 0 Å². The van der Waals surface area contributed by atoms with Gasteiger partial charge in [-0.1, -0.05) is 0 Å². The zero-order valence-electron chi connectivity index (χ0n) is 14.4. The van der Waals surface area contributed by atoms with Gasteiger partial charge in [-0.3, -0.25) is 9.59 Å². The van der Waals surface area contributed by atoms with Crippen LogP contribution in [-0.2, 0) is 16.0 Å². The molecular formula is C18H20FN3O2S. The van der Waals surface area contributed by atoms with E-state index in [1.54, 1.807) is 30.9 Å². The third-order valence-electron chi connectivity index (χ3n) is 4.39. The first-order chi connectivity index (χ1) is 11.8. The number of halogens is 1. The number of aryl methyl sites for hydroxylation is 1. The number of benzene rings is 1. The van der Waals surface area contributed by atoms with Gasteiger partial charge in [-0.05, 0) is 45.0 Å². The highest BCUT2D eigenvalue weighted by Crippen LogP contribution is 2.30. The summed E-state index contributed by atoms with van der Waals surface area (Å²) in [4.78, 5) is 31.9. The van der Waals surface area contributed by atoms with Gasteiger partial charge in [0.2, 0.25) is 11.8 Å². The number of aromatic nitrogens is 1. The van der Waals surface area contributed by atoms with Crippen molar-refractivity contribution in [1.29, 1.82) is 0 Å². The van der Waals surface area contributed by atoms with E-state index in [0.29, 0.717) is 18.8 Å². The predicted octanol–water partition coefficient (Wildman–Crippen LogP) is 2.54. The average Bonchev–Trinajstić information content (AvgIpc) is 2.91. The summed E-state index contributed by atoms with van der Waals surface area (Å²) in [5, 5.41) is 3.63. The predicted molar refractivity (Wildman–Crippen MR) is 94.8 cm³/mol. The smallest absolute Gasteiger partial charge is 0.245 e. The number of rotatable bonds is 3. The second-order valence-electron chi connectivity index (χ2n) is 6.55. The number of carbonyl (C=O) groups excluding carboxylic acids is 2. The molecule has 0 atom stereocenters. The second kappa shape index (κ2) is 6.55. The van der Waals surface area contributed by atoms with Gasteiger partial charge in [0.05, 0.1) is 17.1 Å². The maximum Gasteiger partial charge on any atom is 0.245 e. The van der Waals surface area contributed by atoms with Crippen molar-refractivity contribution in [3.63, 3.8) is 0 Å². The molecular weight excluding hydrogens is 341 g/mol. The number of nitrogens with zero attached hydrogens (tertiary/aromatic N) is 2. The first kappa shape index (κ1) is 17.5. The quantitative estimate of drug-likeness (QED) is 0.914. The van der Waals surface area contributed by atoms with Crippen molar-refractivity contribution < 1.29 is 14.0 Å². The van der Waals surface area contributed by atoms with Crippen molar-refractivity contribution in [2.45, 2.75) is 32.7 Å². The fourth-order valence-electron chi connectivity index (χ4n) is 2.99. The summed E-state index contributed by atoms with van der Waals surface area (Å²) in [6.07, 6.45) is 0.176. The third-order valence-corrected chi connectivity index (χ3v) is 5.36. The molecule has 7 heteroatoms. The van der Waals surface area contributed by atoms with Crippen LogP contribution in [0.1, 0.15) is 23.7 Å². The SMILES string of the molecule is Cc1nc(-c2ccc(F)cc2)c(CC(=O)N2CCNC(=O)C2(C)C)s1. The lowest BCUT2D eigenvalue weighted by molar-refractivity contribution is -0.148. The van der Waals surface area contributed by atoms with E-state index in [1.165, 1.54) is 23.5 Å². The number of amides is 2. The number of nitrogens with one attached hydrogen (secondary N) is 1. The zero-order valence-corrected chi connectivity index (χ0v) is 15.2. The van der Waals surface area contributed by atoms with Crippen molar-refractivity contribution in [3.8, 4) is 11.3 Å². The molecule has 0 saturated carbocycles. The Hall–Kier alpha value is -2.28. The fraction of sp³-hybridized carbons (Fsp3) is 0.389. The molecule has 0 spiro atoms. The van der Waals surface area contributed by atoms with Gasteiger partial charge in [0.25, 0.3) is 0 Å². The molecule has 2 heterocycles. The Morgan fingerprint density at radius 3 is 2.72 bits per heavy atom. The van der Waals surface area contributed by atoms with E-state index in [2.05, 4.69) is 10.3 Å². The zero-order chi connectivity index (χ0) is 18.2. The Bertz CT molecular complexity index is 814. The van der Waals surface area contributed by atoms with Gasteiger partial charge >= 0.3 is 0 Å². The molecule has 0 bridgehead atoms. The van der Waals surface area contributed by atoms with Crippen LogP contribution in [0.4, 0.5) is 4.39 Å². The van der Waals surface area contributed by atoms with Gasteiger partial charge in [-0.25, -0.2) is 9.37 Å². The lowest BCUT2D eigenvalue weighted by Gasteiger charge is -2.41. The molecule has 1 aliphatic rings. The molecule has 1 aliphatic heterocycles. The normalized spacial score (nSPS) is 16.6. The van der Waals surface area contributed by atoms with Crippen molar-refractivity contribution in [3.05, 3.63) is 40.0 Å². The Morgan fingerprint density at radius 1 is 1.36 bits per heavy atom. The Morgan fingerprint density at radius 2 is 2.04 bits per heavy atom. The maximum absolute atomic E-state index is 13.2. The molecule has 1 N–H and O–H groups in total.